The van der Waals surface area contributed by atoms with Gasteiger partial charge in [-0.15, -0.1) is 0 Å². The summed E-state index contributed by atoms with van der Waals surface area (Å²) in [5.41, 5.74) is -0.0715. The fourth-order valence-electron chi connectivity index (χ4n) is 3.83. The van der Waals surface area contributed by atoms with Gasteiger partial charge in [-0.2, -0.15) is 0 Å². The van der Waals surface area contributed by atoms with Gasteiger partial charge < -0.3 is 15.1 Å². The van der Waals surface area contributed by atoms with E-state index in [2.05, 4.69) is 15.5 Å². The molecular formula is C23H30FN3O3. The predicted molar refractivity (Wildman–Crippen MR) is 112 cm³/mol. The highest BCUT2D eigenvalue weighted by Crippen LogP contribution is 2.24. The van der Waals surface area contributed by atoms with Crippen molar-refractivity contribution in [1.82, 2.24) is 15.5 Å². The van der Waals surface area contributed by atoms with Gasteiger partial charge in [-0.05, 0) is 56.1 Å². The Labute approximate surface area is 176 Å². The fourth-order valence-corrected chi connectivity index (χ4v) is 3.83. The van der Waals surface area contributed by atoms with Crippen LogP contribution in [0.2, 0.25) is 0 Å². The van der Waals surface area contributed by atoms with Crippen molar-refractivity contribution in [2.75, 3.05) is 19.6 Å². The van der Waals surface area contributed by atoms with Crippen molar-refractivity contribution in [3.05, 3.63) is 59.8 Å². The molecule has 7 heteroatoms. The van der Waals surface area contributed by atoms with Gasteiger partial charge in [0.15, 0.2) is 0 Å². The van der Waals surface area contributed by atoms with Crippen molar-refractivity contribution >= 4 is 11.8 Å². The normalized spacial score (nSPS) is 16.8. The molecule has 3 rings (SSSR count). The quantitative estimate of drug-likeness (QED) is 0.692. The number of rotatable bonds is 8. The number of halogens is 1. The average Bonchev–Trinajstić information content (AvgIpc) is 3.27. The molecule has 0 saturated carbocycles. The number of carbonyl (C=O) groups excluding carboxylic acids is 2. The zero-order valence-electron chi connectivity index (χ0n) is 17.6. The van der Waals surface area contributed by atoms with E-state index in [1.807, 2.05) is 26.0 Å². The lowest BCUT2D eigenvalue weighted by Crippen LogP contribution is -2.51. The Hall–Kier alpha value is -2.67. The molecular weight excluding hydrogens is 385 g/mol. The molecule has 0 spiro atoms. The predicted octanol–water partition coefficient (Wildman–Crippen LogP) is 3.52. The third-order valence-corrected chi connectivity index (χ3v) is 5.53. The van der Waals surface area contributed by atoms with Crippen LogP contribution in [0.3, 0.4) is 0 Å². The van der Waals surface area contributed by atoms with E-state index in [9.17, 15) is 14.0 Å². The summed E-state index contributed by atoms with van der Waals surface area (Å²) < 4.78 is 19.6. The summed E-state index contributed by atoms with van der Waals surface area (Å²) in [6.07, 6.45) is 5.10. The molecule has 1 saturated heterocycles. The Morgan fingerprint density at radius 2 is 1.83 bits per heavy atom. The number of furan rings is 1. The van der Waals surface area contributed by atoms with Crippen LogP contribution in [0, 0.1) is 11.7 Å². The number of piperidine rings is 1. The van der Waals surface area contributed by atoms with Crippen molar-refractivity contribution in [3.8, 4) is 0 Å². The van der Waals surface area contributed by atoms with E-state index in [4.69, 9.17) is 4.42 Å². The maximum atomic E-state index is 13.9. The minimum atomic E-state index is -0.768. The number of hydrogen-bond acceptors (Lipinski definition) is 4. The second-order valence-electron chi connectivity index (χ2n) is 8.05. The summed E-state index contributed by atoms with van der Waals surface area (Å²) >= 11 is 0. The second kappa shape index (κ2) is 10.4. The number of carbonyl (C=O) groups is 2. The summed E-state index contributed by atoms with van der Waals surface area (Å²) in [6, 6.07) is 8.69. The molecule has 1 aromatic carbocycles. The lowest BCUT2D eigenvalue weighted by Gasteiger charge is -2.34. The molecule has 1 aromatic heterocycles. The molecule has 1 aliphatic rings. The summed E-state index contributed by atoms with van der Waals surface area (Å²) in [5.74, 6) is -0.837. The summed E-state index contributed by atoms with van der Waals surface area (Å²) in [6.45, 7) is 5.99. The summed E-state index contributed by atoms with van der Waals surface area (Å²) in [5, 5.41) is 5.66. The zero-order chi connectivity index (χ0) is 21.5. The highest BCUT2D eigenvalue weighted by Gasteiger charge is 2.29. The molecule has 1 aliphatic heterocycles. The van der Waals surface area contributed by atoms with E-state index in [0.717, 1.165) is 31.7 Å². The number of nitrogens with one attached hydrogen (secondary N) is 2. The highest BCUT2D eigenvalue weighted by molar-refractivity contribution is 5.97. The van der Waals surface area contributed by atoms with Crippen LogP contribution >= 0.6 is 0 Å². The number of nitrogens with zero attached hydrogens (tertiary/aromatic N) is 1. The van der Waals surface area contributed by atoms with Gasteiger partial charge in [0.1, 0.15) is 17.6 Å². The van der Waals surface area contributed by atoms with Gasteiger partial charge >= 0.3 is 0 Å². The van der Waals surface area contributed by atoms with E-state index in [1.54, 1.807) is 12.3 Å². The maximum absolute atomic E-state index is 13.9. The molecule has 0 bridgehead atoms. The van der Waals surface area contributed by atoms with Crippen molar-refractivity contribution in [1.29, 1.82) is 0 Å². The SMILES string of the molecule is CC(C)[C@H](NC(=O)c1ccccc1F)C(=O)NC[C@H](c1ccco1)N1CCCCC1. The topological polar surface area (TPSA) is 74.6 Å². The molecule has 0 unspecified atom stereocenters. The van der Waals surface area contributed by atoms with Gasteiger partial charge in [-0.25, -0.2) is 4.39 Å². The first-order valence-corrected chi connectivity index (χ1v) is 10.6. The molecule has 2 N–H and O–H groups in total. The Morgan fingerprint density at radius 1 is 1.10 bits per heavy atom. The lowest BCUT2D eigenvalue weighted by molar-refractivity contribution is -0.124. The van der Waals surface area contributed by atoms with E-state index in [-0.39, 0.29) is 23.4 Å². The Kier molecular flexibility index (Phi) is 7.63. The van der Waals surface area contributed by atoms with Crippen molar-refractivity contribution < 1.29 is 18.4 Å². The Balaban J connectivity index is 1.66. The first kappa shape index (κ1) is 22.0. The summed E-state index contributed by atoms with van der Waals surface area (Å²) in [7, 11) is 0. The molecule has 2 heterocycles. The van der Waals surface area contributed by atoms with Gasteiger partial charge in [-0.1, -0.05) is 32.4 Å². The van der Waals surface area contributed by atoms with Crippen LogP contribution in [0.1, 0.15) is 55.3 Å². The van der Waals surface area contributed by atoms with E-state index in [0.29, 0.717) is 6.54 Å². The molecule has 2 aromatic rings. The molecule has 6 nitrogen and oxygen atoms in total. The molecule has 30 heavy (non-hydrogen) atoms. The van der Waals surface area contributed by atoms with Crippen LogP contribution in [-0.4, -0.2) is 42.4 Å². The third-order valence-electron chi connectivity index (χ3n) is 5.53. The molecule has 1 fully saturated rings. The zero-order valence-corrected chi connectivity index (χ0v) is 17.6. The van der Waals surface area contributed by atoms with Crippen LogP contribution in [0.15, 0.2) is 47.1 Å². The molecule has 162 valence electrons. The maximum Gasteiger partial charge on any atom is 0.254 e. The average molecular weight is 416 g/mol. The standard InChI is InChI=1S/C23H30FN3O3/c1-16(2)21(26-22(28)17-9-4-5-10-18(17)24)23(29)25-15-19(20-11-8-14-30-20)27-12-6-3-7-13-27/h4-5,8-11,14,16,19,21H,3,6-7,12-13,15H2,1-2H3,(H,25,29)(H,26,28)/t19-,21+/m1/s1. The molecule has 0 aliphatic carbocycles. The first-order chi connectivity index (χ1) is 14.5. The van der Waals surface area contributed by atoms with E-state index in [1.165, 1.54) is 24.6 Å². The fraction of sp³-hybridized carbons (Fsp3) is 0.478. The van der Waals surface area contributed by atoms with Gasteiger partial charge in [0, 0.05) is 6.54 Å². The van der Waals surface area contributed by atoms with E-state index < -0.39 is 17.8 Å². The number of likely N-dealkylation sites (tertiary alicyclic amines) is 1. The molecule has 2 amide bonds. The molecule has 0 radical (unpaired) electrons. The lowest BCUT2D eigenvalue weighted by atomic mass is 10.0. The second-order valence-corrected chi connectivity index (χ2v) is 8.05. The first-order valence-electron chi connectivity index (χ1n) is 10.6. The van der Waals surface area contributed by atoms with Crippen molar-refractivity contribution in [3.63, 3.8) is 0 Å². The van der Waals surface area contributed by atoms with Crippen molar-refractivity contribution in [2.24, 2.45) is 5.92 Å². The Bertz CT molecular complexity index is 832. The van der Waals surface area contributed by atoms with Crippen LogP contribution < -0.4 is 10.6 Å². The minimum absolute atomic E-state index is 0.0562. The molecule has 2 atom stereocenters. The third kappa shape index (κ3) is 5.48. The Morgan fingerprint density at radius 3 is 2.47 bits per heavy atom. The van der Waals surface area contributed by atoms with E-state index >= 15 is 0 Å². The van der Waals surface area contributed by atoms with Gasteiger partial charge in [-0.3, -0.25) is 14.5 Å². The van der Waals surface area contributed by atoms with Gasteiger partial charge in [0.2, 0.25) is 5.91 Å². The number of benzene rings is 1. The van der Waals surface area contributed by atoms with Crippen LogP contribution in [0.25, 0.3) is 0 Å². The van der Waals surface area contributed by atoms with Crippen LogP contribution in [0.4, 0.5) is 4.39 Å². The van der Waals surface area contributed by atoms with Crippen LogP contribution in [0.5, 0.6) is 0 Å². The number of amides is 2. The smallest absolute Gasteiger partial charge is 0.254 e. The van der Waals surface area contributed by atoms with Crippen LogP contribution in [-0.2, 0) is 4.79 Å². The number of hydrogen-bond donors (Lipinski definition) is 2. The van der Waals surface area contributed by atoms with Gasteiger partial charge in [0.05, 0.1) is 17.9 Å². The largest absolute Gasteiger partial charge is 0.468 e. The van der Waals surface area contributed by atoms with Crippen molar-refractivity contribution in [2.45, 2.75) is 45.2 Å². The monoisotopic (exact) mass is 415 g/mol. The minimum Gasteiger partial charge on any atom is -0.468 e. The van der Waals surface area contributed by atoms with Gasteiger partial charge in [0.25, 0.3) is 5.91 Å². The highest BCUT2D eigenvalue weighted by atomic mass is 19.1. The summed E-state index contributed by atoms with van der Waals surface area (Å²) in [4.78, 5) is 27.8.